The summed E-state index contributed by atoms with van der Waals surface area (Å²) >= 11 is 1.88. The highest BCUT2D eigenvalue weighted by Gasteiger charge is 2.50. The van der Waals surface area contributed by atoms with E-state index >= 15 is 0 Å². The van der Waals surface area contributed by atoms with Crippen LogP contribution in [0.2, 0.25) is 0 Å². The third-order valence-electron chi connectivity index (χ3n) is 3.59. The maximum atomic E-state index is 12.1. The van der Waals surface area contributed by atoms with Gasteiger partial charge in [0.2, 0.25) is 5.91 Å². The van der Waals surface area contributed by atoms with Crippen LogP contribution in [0, 0.1) is 11.8 Å². The van der Waals surface area contributed by atoms with E-state index in [9.17, 15) is 9.59 Å². The van der Waals surface area contributed by atoms with Crippen LogP contribution in [0.4, 0.5) is 0 Å². The third-order valence-corrected chi connectivity index (χ3v) is 4.93. The zero-order valence-electron chi connectivity index (χ0n) is 9.55. The lowest BCUT2D eigenvalue weighted by atomic mass is 10.1. The van der Waals surface area contributed by atoms with Gasteiger partial charge in [0.05, 0.1) is 11.8 Å². The van der Waals surface area contributed by atoms with Gasteiger partial charge in [-0.3, -0.25) is 9.59 Å². The maximum Gasteiger partial charge on any atom is 0.307 e. The highest BCUT2D eigenvalue weighted by molar-refractivity contribution is 8.00. The van der Waals surface area contributed by atoms with Gasteiger partial charge in [-0.05, 0) is 13.3 Å². The number of carbonyl (C=O) groups excluding carboxylic acids is 1. The van der Waals surface area contributed by atoms with Gasteiger partial charge in [-0.15, -0.1) is 0 Å². The lowest BCUT2D eigenvalue weighted by molar-refractivity contribution is -0.142. The monoisotopic (exact) mass is 243 g/mol. The number of nitrogens with zero attached hydrogens (tertiary/aromatic N) is 1. The van der Waals surface area contributed by atoms with E-state index in [1.807, 2.05) is 23.6 Å². The molecule has 90 valence electrons. The molecule has 0 radical (unpaired) electrons. The molecule has 0 spiro atoms. The highest BCUT2D eigenvalue weighted by Crippen LogP contribution is 2.41. The van der Waals surface area contributed by atoms with Gasteiger partial charge in [0, 0.05) is 23.6 Å². The zero-order chi connectivity index (χ0) is 11.9. The molecule has 4 atom stereocenters. The molecule has 4 unspecified atom stereocenters. The number of carbonyl (C=O) groups is 2. The molecule has 4 nitrogen and oxygen atoms in total. The summed E-state index contributed by atoms with van der Waals surface area (Å²) in [7, 11) is 0. The maximum absolute atomic E-state index is 12.1. The molecule has 2 rings (SSSR count). The first-order valence-corrected chi connectivity index (χ1v) is 6.72. The normalized spacial score (nSPS) is 38.2. The van der Waals surface area contributed by atoms with Crippen LogP contribution < -0.4 is 0 Å². The minimum Gasteiger partial charge on any atom is -0.481 e. The van der Waals surface area contributed by atoms with Gasteiger partial charge in [0.25, 0.3) is 0 Å². The molecule has 2 fully saturated rings. The standard InChI is InChI=1S/C11H17NO3S/c1-6-7(2)16-4-3-12(6)10(13)8-5-9(8)11(14)15/h6-9H,3-5H2,1-2H3,(H,14,15). The molecule has 1 saturated heterocycles. The second-order valence-electron chi connectivity index (χ2n) is 4.64. The van der Waals surface area contributed by atoms with Crippen LogP contribution in [0.3, 0.4) is 0 Å². The Balaban J connectivity index is 1.97. The fourth-order valence-corrected chi connectivity index (χ4v) is 3.30. The molecule has 1 N–H and O–H groups in total. The van der Waals surface area contributed by atoms with Crippen molar-refractivity contribution in [1.29, 1.82) is 0 Å². The van der Waals surface area contributed by atoms with Crippen molar-refractivity contribution in [2.45, 2.75) is 31.6 Å². The molecule has 0 aromatic carbocycles. The Morgan fingerprint density at radius 1 is 1.31 bits per heavy atom. The molecular weight excluding hydrogens is 226 g/mol. The number of thioether (sulfide) groups is 1. The van der Waals surface area contributed by atoms with Crippen LogP contribution in [-0.2, 0) is 9.59 Å². The number of carboxylic acids is 1. The van der Waals surface area contributed by atoms with Gasteiger partial charge in [-0.2, -0.15) is 11.8 Å². The van der Waals surface area contributed by atoms with Crippen LogP contribution in [0.5, 0.6) is 0 Å². The summed E-state index contributed by atoms with van der Waals surface area (Å²) in [6, 6.07) is 0.223. The summed E-state index contributed by atoms with van der Waals surface area (Å²) in [5, 5.41) is 9.26. The number of rotatable bonds is 2. The smallest absolute Gasteiger partial charge is 0.307 e. The molecule has 0 aromatic rings. The van der Waals surface area contributed by atoms with Crippen LogP contribution in [-0.4, -0.2) is 45.5 Å². The van der Waals surface area contributed by atoms with Crippen molar-refractivity contribution in [3.05, 3.63) is 0 Å². The Hall–Kier alpha value is -0.710. The van der Waals surface area contributed by atoms with E-state index < -0.39 is 11.9 Å². The quantitative estimate of drug-likeness (QED) is 0.788. The Kier molecular flexibility index (Phi) is 3.15. The van der Waals surface area contributed by atoms with E-state index in [1.54, 1.807) is 0 Å². The average Bonchev–Trinajstić information content (AvgIpc) is 3.01. The summed E-state index contributed by atoms with van der Waals surface area (Å²) in [6.45, 7) is 4.93. The van der Waals surface area contributed by atoms with Crippen LogP contribution >= 0.6 is 11.8 Å². The van der Waals surface area contributed by atoms with Crippen molar-refractivity contribution in [3.63, 3.8) is 0 Å². The number of aliphatic carboxylic acids is 1. The topological polar surface area (TPSA) is 57.6 Å². The first kappa shape index (κ1) is 11.8. The molecule has 1 heterocycles. The van der Waals surface area contributed by atoms with E-state index in [1.165, 1.54) is 0 Å². The molecule has 5 heteroatoms. The first-order valence-electron chi connectivity index (χ1n) is 5.67. The minimum atomic E-state index is -0.828. The zero-order valence-corrected chi connectivity index (χ0v) is 10.4. The van der Waals surface area contributed by atoms with Crippen LogP contribution in [0.1, 0.15) is 20.3 Å². The van der Waals surface area contributed by atoms with Gasteiger partial charge >= 0.3 is 5.97 Å². The van der Waals surface area contributed by atoms with E-state index in [-0.39, 0.29) is 17.9 Å². The fourth-order valence-electron chi connectivity index (χ4n) is 2.20. The number of carboxylic acid groups (broad SMARTS) is 1. The number of hydrogen-bond acceptors (Lipinski definition) is 3. The molecule has 16 heavy (non-hydrogen) atoms. The van der Waals surface area contributed by atoms with Crippen molar-refractivity contribution in [2.24, 2.45) is 11.8 Å². The van der Waals surface area contributed by atoms with Crippen molar-refractivity contribution < 1.29 is 14.7 Å². The molecule has 1 saturated carbocycles. The number of amides is 1. The van der Waals surface area contributed by atoms with Crippen molar-refractivity contribution in [2.75, 3.05) is 12.3 Å². The Bertz CT molecular complexity index is 320. The van der Waals surface area contributed by atoms with E-state index in [0.717, 1.165) is 12.3 Å². The number of hydrogen-bond donors (Lipinski definition) is 1. The fraction of sp³-hybridized carbons (Fsp3) is 0.818. The minimum absolute atomic E-state index is 0.0482. The molecule has 0 bridgehead atoms. The van der Waals surface area contributed by atoms with E-state index in [4.69, 9.17) is 5.11 Å². The summed E-state index contributed by atoms with van der Waals surface area (Å²) in [4.78, 5) is 24.7. The van der Waals surface area contributed by atoms with Crippen LogP contribution in [0.15, 0.2) is 0 Å². The van der Waals surface area contributed by atoms with Gasteiger partial charge in [-0.1, -0.05) is 6.92 Å². The van der Waals surface area contributed by atoms with Gasteiger partial charge in [-0.25, -0.2) is 0 Å². The molecular formula is C11H17NO3S. The highest BCUT2D eigenvalue weighted by atomic mass is 32.2. The van der Waals surface area contributed by atoms with Gasteiger partial charge < -0.3 is 10.0 Å². The Morgan fingerprint density at radius 3 is 2.56 bits per heavy atom. The van der Waals surface area contributed by atoms with Crippen molar-refractivity contribution in [3.8, 4) is 0 Å². The van der Waals surface area contributed by atoms with Crippen LogP contribution in [0.25, 0.3) is 0 Å². The second kappa shape index (κ2) is 4.28. The third kappa shape index (κ3) is 2.05. The largest absolute Gasteiger partial charge is 0.481 e. The average molecular weight is 243 g/mol. The summed E-state index contributed by atoms with van der Waals surface area (Å²) < 4.78 is 0. The Morgan fingerprint density at radius 2 is 2.00 bits per heavy atom. The summed E-state index contributed by atoms with van der Waals surface area (Å²) in [5.74, 6) is -0.501. The first-order chi connectivity index (χ1) is 7.52. The van der Waals surface area contributed by atoms with Crippen molar-refractivity contribution in [1.82, 2.24) is 4.90 Å². The van der Waals surface area contributed by atoms with E-state index in [0.29, 0.717) is 11.7 Å². The molecule has 1 aliphatic carbocycles. The SMILES string of the molecule is CC1SCCN(C(=O)C2CC2C(=O)O)C1C. The lowest BCUT2D eigenvalue weighted by Crippen LogP contribution is -2.48. The van der Waals surface area contributed by atoms with Gasteiger partial charge in [0.15, 0.2) is 0 Å². The molecule has 1 amide bonds. The van der Waals surface area contributed by atoms with Crippen molar-refractivity contribution >= 4 is 23.6 Å². The predicted octanol–water partition coefficient (Wildman–Crippen LogP) is 1.06. The Labute approximate surface area is 99.4 Å². The predicted molar refractivity (Wildman–Crippen MR) is 62.3 cm³/mol. The molecule has 0 aromatic heterocycles. The lowest BCUT2D eigenvalue weighted by Gasteiger charge is -2.37. The second-order valence-corrected chi connectivity index (χ2v) is 6.12. The molecule has 2 aliphatic rings. The molecule has 1 aliphatic heterocycles. The summed E-state index contributed by atoms with van der Waals surface area (Å²) in [5.41, 5.74) is 0. The van der Waals surface area contributed by atoms with Gasteiger partial charge in [0.1, 0.15) is 0 Å². The van der Waals surface area contributed by atoms with E-state index in [2.05, 4.69) is 6.92 Å². The summed E-state index contributed by atoms with van der Waals surface area (Å²) in [6.07, 6.45) is 0.527.